The Hall–Kier alpha value is -4.02. The summed E-state index contributed by atoms with van der Waals surface area (Å²) < 4.78 is 32.6. The van der Waals surface area contributed by atoms with Gasteiger partial charge in [0.1, 0.15) is 17.5 Å². The number of imide groups is 1. The molecule has 0 spiro atoms. The smallest absolute Gasteiger partial charge is 0.323 e. The second kappa shape index (κ2) is 9.08. The van der Waals surface area contributed by atoms with E-state index in [-0.39, 0.29) is 16.0 Å². The van der Waals surface area contributed by atoms with Gasteiger partial charge in [-0.1, -0.05) is 30.3 Å². The van der Waals surface area contributed by atoms with Gasteiger partial charge < -0.3 is 9.84 Å². The van der Waals surface area contributed by atoms with Crippen LogP contribution in [-0.4, -0.2) is 60.1 Å². The maximum absolute atomic E-state index is 13.1. The van der Waals surface area contributed by atoms with Gasteiger partial charge in [0.25, 0.3) is 11.8 Å². The fraction of sp³-hybridized carbons (Fsp3) is 0.125. The summed E-state index contributed by atoms with van der Waals surface area (Å²) in [6.45, 7) is -0.632. The van der Waals surface area contributed by atoms with Crippen LogP contribution in [0.2, 0.25) is 0 Å². The lowest BCUT2D eigenvalue weighted by molar-refractivity contribution is -0.141. The van der Waals surface area contributed by atoms with Gasteiger partial charge in [-0.15, -0.1) is 0 Å². The lowest BCUT2D eigenvalue weighted by Crippen LogP contribution is -2.50. The third kappa shape index (κ3) is 4.28. The molecule has 1 heterocycles. The van der Waals surface area contributed by atoms with Gasteiger partial charge in [0.05, 0.1) is 22.6 Å². The molecule has 0 saturated carbocycles. The van der Waals surface area contributed by atoms with E-state index in [2.05, 4.69) is 0 Å². The molecule has 1 N–H and O–H groups in total. The summed E-state index contributed by atoms with van der Waals surface area (Å²) in [7, 11) is -3.17. The Kier molecular flexibility index (Phi) is 6.18. The molecule has 0 aliphatic carbocycles. The molecule has 0 aromatic heterocycles. The van der Waals surface area contributed by atoms with Gasteiger partial charge in [0.15, 0.2) is 0 Å². The number of hydrogen-bond donors (Lipinski definition) is 1. The quantitative estimate of drug-likeness (QED) is 0.492. The number of sulfonamides is 1. The van der Waals surface area contributed by atoms with Gasteiger partial charge >= 0.3 is 5.97 Å². The van der Waals surface area contributed by atoms with Gasteiger partial charge in [-0.25, -0.2) is 8.42 Å². The first kappa shape index (κ1) is 23.1. The molecule has 2 amide bonds. The zero-order valence-electron chi connectivity index (χ0n) is 18.0. The Labute approximate surface area is 195 Å². The monoisotopic (exact) mass is 480 g/mol. The molecule has 0 fully saturated rings. The van der Waals surface area contributed by atoms with Crippen molar-refractivity contribution in [3.05, 3.63) is 90.0 Å². The van der Waals surface area contributed by atoms with Gasteiger partial charge in [-0.05, 0) is 48.5 Å². The number of amides is 2. The molecule has 0 saturated heterocycles. The molecule has 9 nitrogen and oxygen atoms in total. The highest BCUT2D eigenvalue weighted by atomic mass is 32.2. The van der Waals surface area contributed by atoms with Crippen molar-refractivity contribution in [3.63, 3.8) is 0 Å². The van der Waals surface area contributed by atoms with Crippen LogP contribution >= 0.6 is 0 Å². The maximum atomic E-state index is 13.1. The van der Waals surface area contributed by atoms with Crippen molar-refractivity contribution in [1.82, 2.24) is 9.21 Å². The number of carboxylic acid groups (broad SMARTS) is 1. The molecule has 34 heavy (non-hydrogen) atoms. The number of rotatable bonds is 8. The van der Waals surface area contributed by atoms with Crippen LogP contribution in [0.25, 0.3) is 0 Å². The number of carbonyl (C=O) groups excluding carboxylic acids is 2. The number of benzene rings is 3. The van der Waals surface area contributed by atoms with E-state index < -0.39 is 40.4 Å². The van der Waals surface area contributed by atoms with Crippen LogP contribution in [0, 0.1) is 0 Å². The molecule has 3 aromatic rings. The maximum Gasteiger partial charge on any atom is 0.323 e. The SMILES string of the molecule is CN(C(CN1C(=O)c2ccccc2C1=O)C(=O)O)S(=O)(=O)c1ccc(Oc2ccccc2)cc1. The minimum absolute atomic E-state index is 0.149. The van der Waals surface area contributed by atoms with E-state index in [1.54, 1.807) is 36.4 Å². The van der Waals surface area contributed by atoms with E-state index in [1.165, 1.54) is 36.4 Å². The standard InChI is InChI=1S/C24H20N2O7S/c1-25(21(24(29)30)15-26-22(27)19-9-5-6-10-20(19)23(26)28)34(31,32)18-13-11-17(12-14-18)33-16-7-3-2-4-8-16/h2-14,21H,15H2,1H3,(H,29,30). The Bertz CT molecular complexity index is 1320. The van der Waals surface area contributed by atoms with Crippen LogP contribution in [0.15, 0.2) is 83.8 Å². The van der Waals surface area contributed by atoms with E-state index in [1.807, 2.05) is 6.07 Å². The van der Waals surface area contributed by atoms with Crippen molar-refractivity contribution < 1.29 is 32.6 Å². The number of para-hydroxylation sites is 1. The molecular weight excluding hydrogens is 460 g/mol. The molecule has 0 bridgehead atoms. The van der Waals surface area contributed by atoms with Crippen LogP contribution < -0.4 is 4.74 Å². The summed E-state index contributed by atoms with van der Waals surface area (Å²) in [4.78, 5) is 37.8. The Balaban J connectivity index is 1.54. The van der Waals surface area contributed by atoms with Gasteiger partial charge in [0, 0.05) is 7.05 Å². The average molecular weight is 480 g/mol. The first-order valence-electron chi connectivity index (χ1n) is 10.2. The number of nitrogens with zero attached hydrogens (tertiary/aromatic N) is 2. The highest BCUT2D eigenvalue weighted by Gasteiger charge is 2.41. The van der Waals surface area contributed by atoms with E-state index in [0.29, 0.717) is 15.8 Å². The fourth-order valence-electron chi connectivity index (χ4n) is 3.56. The van der Waals surface area contributed by atoms with Gasteiger partial charge in [0.2, 0.25) is 10.0 Å². The van der Waals surface area contributed by atoms with Gasteiger partial charge in [-0.2, -0.15) is 4.31 Å². The van der Waals surface area contributed by atoms with Crippen molar-refractivity contribution in [2.75, 3.05) is 13.6 Å². The predicted molar refractivity (Wildman–Crippen MR) is 121 cm³/mol. The van der Waals surface area contributed by atoms with E-state index in [0.717, 1.165) is 11.9 Å². The lowest BCUT2D eigenvalue weighted by atomic mass is 10.1. The van der Waals surface area contributed by atoms with Crippen molar-refractivity contribution in [2.45, 2.75) is 10.9 Å². The van der Waals surface area contributed by atoms with Crippen molar-refractivity contribution >= 4 is 27.8 Å². The van der Waals surface area contributed by atoms with E-state index in [9.17, 15) is 27.9 Å². The van der Waals surface area contributed by atoms with Crippen molar-refractivity contribution in [2.24, 2.45) is 0 Å². The molecular formula is C24H20N2O7S. The highest BCUT2D eigenvalue weighted by Crippen LogP contribution is 2.26. The third-order valence-corrected chi connectivity index (χ3v) is 7.32. The number of fused-ring (bicyclic) bond motifs is 1. The molecule has 1 unspecified atom stereocenters. The largest absolute Gasteiger partial charge is 0.480 e. The minimum Gasteiger partial charge on any atom is -0.480 e. The van der Waals surface area contributed by atoms with Gasteiger partial charge in [-0.3, -0.25) is 19.3 Å². The number of carboxylic acids is 1. The minimum atomic E-state index is -4.27. The zero-order valence-corrected chi connectivity index (χ0v) is 18.8. The van der Waals surface area contributed by atoms with Crippen LogP contribution in [-0.2, 0) is 14.8 Å². The summed E-state index contributed by atoms with van der Waals surface area (Å²) in [5.41, 5.74) is 0.298. The summed E-state index contributed by atoms with van der Waals surface area (Å²) in [5.74, 6) is -1.86. The first-order chi connectivity index (χ1) is 16.2. The number of hydrogen-bond acceptors (Lipinski definition) is 6. The number of carbonyl (C=O) groups is 3. The summed E-state index contributed by atoms with van der Waals surface area (Å²) in [6.07, 6.45) is 0. The molecule has 4 rings (SSSR count). The molecule has 10 heteroatoms. The summed E-state index contributed by atoms with van der Waals surface area (Å²) in [5, 5.41) is 9.74. The summed E-state index contributed by atoms with van der Waals surface area (Å²) >= 11 is 0. The Morgan fingerprint density at radius 3 is 1.91 bits per heavy atom. The zero-order chi connectivity index (χ0) is 24.5. The third-order valence-electron chi connectivity index (χ3n) is 5.44. The van der Waals surface area contributed by atoms with Crippen molar-refractivity contribution in [1.29, 1.82) is 0 Å². The molecule has 3 aromatic carbocycles. The molecule has 0 radical (unpaired) electrons. The normalized spacial score (nSPS) is 14.2. The number of ether oxygens (including phenoxy) is 1. The second-order valence-corrected chi connectivity index (χ2v) is 9.53. The van der Waals surface area contributed by atoms with E-state index >= 15 is 0 Å². The van der Waals surface area contributed by atoms with E-state index in [4.69, 9.17) is 4.74 Å². The number of aliphatic carboxylic acids is 1. The summed E-state index contributed by atoms with van der Waals surface area (Å²) in [6, 6.07) is 18.8. The number of likely N-dealkylation sites (N-methyl/N-ethyl adjacent to an activating group) is 1. The highest BCUT2D eigenvalue weighted by molar-refractivity contribution is 7.89. The van der Waals surface area contributed by atoms with Crippen LogP contribution in [0.4, 0.5) is 0 Å². The lowest BCUT2D eigenvalue weighted by Gasteiger charge is -2.27. The van der Waals surface area contributed by atoms with Crippen molar-refractivity contribution in [3.8, 4) is 11.5 Å². The molecule has 1 aliphatic heterocycles. The average Bonchev–Trinajstić information content (AvgIpc) is 3.07. The van der Waals surface area contributed by atoms with Crippen LogP contribution in [0.5, 0.6) is 11.5 Å². The Morgan fingerprint density at radius 2 is 1.38 bits per heavy atom. The molecule has 1 atom stereocenters. The predicted octanol–water partition coefficient (Wildman–Crippen LogP) is 2.85. The second-order valence-electron chi connectivity index (χ2n) is 7.53. The Morgan fingerprint density at radius 1 is 0.882 bits per heavy atom. The molecule has 1 aliphatic rings. The topological polar surface area (TPSA) is 121 Å². The fourth-order valence-corrected chi connectivity index (χ4v) is 4.87. The van der Waals surface area contributed by atoms with Crippen LogP contribution in [0.3, 0.4) is 0 Å². The molecule has 174 valence electrons. The van der Waals surface area contributed by atoms with Crippen LogP contribution in [0.1, 0.15) is 20.7 Å². The first-order valence-corrected chi connectivity index (χ1v) is 11.6.